The van der Waals surface area contributed by atoms with Gasteiger partial charge in [-0.3, -0.25) is 10.2 Å². The number of hydrogen-bond donors (Lipinski definition) is 2. The molecule has 0 unspecified atom stereocenters. The van der Waals surface area contributed by atoms with Crippen molar-refractivity contribution in [2.24, 2.45) is 5.73 Å². The number of esters is 1. The maximum atomic E-state index is 11.7. The monoisotopic (exact) mass is 362 g/mol. The topological polar surface area (TPSA) is 85.4 Å². The fourth-order valence-corrected chi connectivity index (χ4v) is 2.80. The summed E-state index contributed by atoms with van der Waals surface area (Å²) in [7, 11) is 0. The highest BCUT2D eigenvalue weighted by atomic mass is 16.5. The number of nitrogen functional groups attached to an aromatic ring is 1. The van der Waals surface area contributed by atoms with Crippen LogP contribution < -0.4 is 10.5 Å². The molecule has 3 rings (SSSR count). The molecule has 0 spiro atoms. The van der Waals surface area contributed by atoms with Gasteiger partial charge in [-0.15, -0.1) is 0 Å². The Morgan fingerprint density at radius 1 is 0.963 bits per heavy atom. The highest BCUT2D eigenvalue weighted by Gasteiger charge is 2.06. The van der Waals surface area contributed by atoms with Crippen molar-refractivity contribution in [3.63, 3.8) is 0 Å². The van der Waals surface area contributed by atoms with Crippen LogP contribution in [0.5, 0.6) is 5.75 Å². The lowest BCUT2D eigenvalue weighted by atomic mass is 10.0. The van der Waals surface area contributed by atoms with E-state index in [1.165, 1.54) is 0 Å². The maximum absolute atomic E-state index is 11.7. The van der Waals surface area contributed by atoms with Gasteiger partial charge in [-0.25, -0.2) is 0 Å². The summed E-state index contributed by atoms with van der Waals surface area (Å²) in [4.78, 5) is 11.7. The first-order valence-corrected chi connectivity index (χ1v) is 8.79. The number of carbonyl (C=O) groups excluding carboxylic acids is 1. The number of fused-ring (bicyclic) bond motifs is 1. The predicted molar refractivity (Wildman–Crippen MR) is 106 cm³/mol. The average molecular weight is 362 g/mol. The third kappa shape index (κ3) is 4.85. The molecule has 3 N–H and O–H groups in total. The fraction of sp³-hybridized carbons (Fsp3) is 0.182. The van der Waals surface area contributed by atoms with E-state index < -0.39 is 0 Å². The Kier molecular flexibility index (Phi) is 5.71. The second-order valence-electron chi connectivity index (χ2n) is 6.22. The van der Waals surface area contributed by atoms with Gasteiger partial charge in [0.15, 0.2) is 0 Å². The minimum absolute atomic E-state index is 0.0515. The van der Waals surface area contributed by atoms with Crippen LogP contribution in [0.15, 0.2) is 60.7 Å². The van der Waals surface area contributed by atoms with Gasteiger partial charge in [0.1, 0.15) is 18.2 Å². The van der Waals surface area contributed by atoms with E-state index in [2.05, 4.69) is 0 Å². The number of nitrogens with one attached hydrogen (secondary N) is 1. The molecule has 0 aromatic heterocycles. The van der Waals surface area contributed by atoms with E-state index >= 15 is 0 Å². The summed E-state index contributed by atoms with van der Waals surface area (Å²) in [5, 5.41) is 9.52. The number of rotatable bonds is 7. The van der Waals surface area contributed by atoms with Crippen molar-refractivity contribution in [1.82, 2.24) is 0 Å². The first-order chi connectivity index (χ1) is 13.0. The molecule has 0 saturated carbocycles. The molecule has 5 heteroatoms. The van der Waals surface area contributed by atoms with Crippen LogP contribution >= 0.6 is 0 Å². The molecule has 0 aliphatic rings. The first kappa shape index (κ1) is 18.5. The van der Waals surface area contributed by atoms with Crippen molar-refractivity contribution >= 4 is 22.6 Å². The van der Waals surface area contributed by atoms with E-state index in [4.69, 9.17) is 20.6 Å². The molecule has 138 valence electrons. The molecule has 27 heavy (non-hydrogen) atoms. The van der Waals surface area contributed by atoms with Crippen LogP contribution in [0.1, 0.15) is 23.6 Å². The van der Waals surface area contributed by atoms with E-state index in [1.807, 2.05) is 60.7 Å². The molecule has 0 amide bonds. The van der Waals surface area contributed by atoms with Crippen LogP contribution in [-0.4, -0.2) is 18.4 Å². The molecule has 0 aliphatic heterocycles. The van der Waals surface area contributed by atoms with Crippen molar-refractivity contribution in [1.29, 1.82) is 5.41 Å². The third-order valence-electron chi connectivity index (χ3n) is 4.20. The van der Waals surface area contributed by atoms with Crippen LogP contribution in [-0.2, 0) is 22.6 Å². The van der Waals surface area contributed by atoms with Crippen molar-refractivity contribution < 1.29 is 14.3 Å². The van der Waals surface area contributed by atoms with Crippen molar-refractivity contribution in [3.8, 4) is 5.75 Å². The standard InChI is InChI=1S/C22H22N2O3/c1-2-26-21(25)12-16-5-6-17-9-10-20(13-19(17)11-16)27-14-15-3-7-18(8-4-15)22(23)24/h3-11,13H,2,12,14H2,1H3,(H3,23,24). The van der Waals surface area contributed by atoms with Gasteiger partial charge >= 0.3 is 5.97 Å². The largest absolute Gasteiger partial charge is 0.489 e. The fourth-order valence-electron chi connectivity index (χ4n) is 2.80. The quantitative estimate of drug-likeness (QED) is 0.380. The zero-order valence-electron chi connectivity index (χ0n) is 15.2. The van der Waals surface area contributed by atoms with Crippen LogP contribution in [0.4, 0.5) is 0 Å². The van der Waals surface area contributed by atoms with E-state index in [0.717, 1.165) is 27.6 Å². The highest BCUT2D eigenvalue weighted by molar-refractivity contribution is 5.94. The van der Waals surface area contributed by atoms with Gasteiger partial charge in [-0.2, -0.15) is 0 Å². The second-order valence-corrected chi connectivity index (χ2v) is 6.22. The molecule has 0 atom stereocenters. The highest BCUT2D eigenvalue weighted by Crippen LogP contribution is 2.23. The lowest BCUT2D eigenvalue weighted by Crippen LogP contribution is -2.10. The average Bonchev–Trinajstić information content (AvgIpc) is 2.66. The molecule has 0 heterocycles. The van der Waals surface area contributed by atoms with Crippen LogP contribution in [0, 0.1) is 5.41 Å². The summed E-state index contributed by atoms with van der Waals surface area (Å²) in [5.41, 5.74) is 8.07. The second kappa shape index (κ2) is 8.36. The Morgan fingerprint density at radius 2 is 1.67 bits per heavy atom. The summed E-state index contributed by atoms with van der Waals surface area (Å²) in [6.45, 7) is 2.61. The Balaban J connectivity index is 1.71. The molecule has 0 radical (unpaired) electrons. The molecular weight excluding hydrogens is 340 g/mol. The smallest absolute Gasteiger partial charge is 0.310 e. The van der Waals surface area contributed by atoms with Gasteiger partial charge in [-0.1, -0.05) is 48.5 Å². The zero-order chi connectivity index (χ0) is 19.2. The Bertz CT molecular complexity index is 965. The van der Waals surface area contributed by atoms with Gasteiger partial charge in [0.05, 0.1) is 13.0 Å². The Hall–Kier alpha value is -3.34. The first-order valence-electron chi connectivity index (χ1n) is 8.79. The van der Waals surface area contributed by atoms with Crippen LogP contribution in [0.25, 0.3) is 10.8 Å². The molecule has 0 aliphatic carbocycles. The molecule has 0 bridgehead atoms. The van der Waals surface area contributed by atoms with Crippen molar-refractivity contribution in [2.45, 2.75) is 20.0 Å². The lowest BCUT2D eigenvalue weighted by molar-refractivity contribution is -0.142. The Labute approximate surface area is 158 Å². The van der Waals surface area contributed by atoms with Gasteiger partial charge in [0.25, 0.3) is 0 Å². The zero-order valence-corrected chi connectivity index (χ0v) is 15.2. The summed E-state index contributed by atoms with van der Waals surface area (Å²) < 4.78 is 10.9. The van der Waals surface area contributed by atoms with Gasteiger partial charge in [-0.05, 0) is 41.0 Å². The van der Waals surface area contributed by atoms with E-state index in [0.29, 0.717) is 18.8 Å². The number of amidine groups is 1. The van der Waals surface area contributed by atoms with E-state index in [-0.39, 0.29) is 18.2 Å². The minimum Gasteiger partial charge on any atom is -0.489 e. The number of ether oxygens (including phenoxy) is 2. The lowest BCUT2D eigenvalue weighted by Gasteiger charge is -2.09. The molecule has 3 aromatic rings. The van der Waals surface area contributed by atoms with Crippen LogP contribution in [0.3, 0.4) is 0 Å². The summed E-state index contributed by atoms with van der Waals surface area (Å²) in [6.07, 6.45) is 0.261. The molecule has 0 saturated heterocycles. The van der Waals surface area contributed by atoms with Crippen molar-refractivity contribution in [2.75, 3.05) is 6.61 Å². The molecular formula is C22H22N2O3. The minimum atomic E-state index is -0.224. The number of hydrogen-bond acceptors (Lipinski definition) is 4. The normalized spacial score (nSPS) is 10.6. The number of benzene rings is 3. The van der Waals surface area contributed by atoms with Crippen molar-refractivity contribution in [3.05, 3.63) is 77.4 Å². The summed E-state index contributed by atoms with van der Waals surface area (Å²) in [5.74, 6) is 0.584. The number of nitrogens with two attached hydrogens (primary N) is 1. The van der Waals surface area contributed by atoms with Crippen LogP contribution in [0.2, 0.25) is 0 Å². The van der Waals surface area contributed by atoms with E-state index in [1.54, 1.807) is 6.92 Å². The number of carbonyl (C=O) groups is 1. The SMILES string of the molecule is CCOC(=O)Cc1ccc2ccc(OCc3ccc(C(=N)N)cc3)cc2c1. The summed E-state index contributed by atoms with van der Waals surface area (Å²) >= 11 is 0. The van der Waals surface area contributed by atoms with Gasteiger partial charge in [0.2, 0.25) is 0 Å². The Morgan fingerprint density at radius 3 is 2.37 bits per heavy atom. The summed E-state index contributed by atoms with van der Waals surface area (Å²) in [6, 6.07) is 19.2. The molecule has 5 nitrogen and oxygen atoms in total. The third-order valence-corrected chi connectivity index (χ3v) is 4.20. The maximum Gasteiger partial charge on any atom is 0.310 e. The molecule has 3 aromatic carbocycles. The van der Waals surface area contributed by atoms with Gasteiger partial charge < -0.3 is 15.2 Å². The predicted octanol–water partition coefficient (Wildman–Crippen LogP) is 3.81. The van der Waals surface area contributed by atoms with Gasteiger partial charge in [0, 0.05) is 5.56 Å². The molecule has 0 fully saturated rings. The van der Waals surface area contributed by atoms with E-state index in [9.17, 15) is 4.79 Å².